The average Bonchev–Trinajstić information content (AvgIpc) is 2.62. The van der Waals surface area contributed by atoms with E-state index in [9.17, 15) is 9.59 Å². The number of rotatable bonds is 8. The molecule has 0 aromatic heterocycles. The summed E-state index contributed by atoms with van der Waals surface area (Å²) in [4.78, 5) is 24.0. The van der Waals surface area contributed by atoms with Crippen LogP contribution in [0.1, 0.15) is 20.8 Å². The van der Waals surface area contributed by atoms with Gasteiger partial charge in [-0.05, 0) is 37.3 Å². The van der Waals surface area contributed by atoms with Crippen LogP contribution in [-0.4, -0.2) is 25.0 Å². The van der Waals surface area contributed by atoms with E-state index < -0.39 is 0 Å². The van der Waals surface area contributed by atoms with Crippen LogP contribution < -0.4 is 20.7 Å². The Balaban J connectivity index is 1.92. The highest BCUT2D eigenvalue weighted by molar-refractivity contribution is 5.95. The standard InChI is InChI=1S/C20H25N3O3/c1-4-26-18-11-6-5-10-17(18)23-19(24)13-21-15-8-7-9-16(12-15)22-20(25)14(2)3/h5-12,14,21H,4,13H2,1-3H3,(H,22,25)(H,23,24). The number of anilines is 3. The van der Waals surface area contributed by atoms with Gasteiger partial charge in [0.1, 0.15) is 5.75 Å². The van der Waals surface area contributed by atoms with E-state index in [0.717, 1.165) is 5.69 Å². The van der Waals surface area contributed by atoms with E-state index in [2.05, 4.69) is 16.0 Å². The number of amides is 2. The molecular weight excluding hydrogens is 330 g/mol. The van der Waals surface area contributed by atoms with Crippen molar-refractivity contribution in [3.05, 3.63) is 48.5 Å². The molecule has 0 spiro atoms. The van der Waals surface area contributed by atoms with Gasteiger partial charge in [-0.3, -0.25) is 9.59 Å². The number of nitrogens with one attached hydrogen (secondary N) is 3. The van der Waals surface area contributed by atoms with Crippen molar-refractivity contribution in [2.75, 3.05) is 29.1 Å². The molecule has 0 heterocycles. The second-order valence-corrected chi connectivity index (χ2v) is 6.06. The van der Waals surface area contributed by atoms with Gasteiger partial charge in [-0.1, -0.05) is 32.0 Å². The van der Waals surface area contributed by atoms with Crippen molar-refractivity contribution in [2.45, 2.75) is 20.8 Å². The minimum absolute atomic E-state index is 0.0487. The number of hydrogen-bond donors (Lipinski definition) is 3. The number of carbonyl (C=O) groups excluding carboxylic acids is 2. The smallest absolute Gasteiger partial charge is 0.243 e. The molecule has 3 N–H and O–H groups in total. The Labute approximate surface area is 153 Å². The van der Waals surface area contributed by atoms with Gasteiger partial charge >= 0.3 is 0 Å². The first-order valence-electron chi connectivity index (χ1n) is 8.66. The molecule has 0 unspecified atom stereocenters. The molecule has 0 aliphatic rings. The maximum Gasteiger partial charge on any atom is 0.243 e. The van der Waals surface area contributed by atoms with Crippen LogP contribution in [0.25, 0.3) is 0 Å². The molecular formula is C20H25N3O3. The largest absolute Gasteiger partial charge is 0.492 e. The second-order valence-electron chi connectivity index (χ2n) is 6.06. The molecule has 6 nitrogen and oxygen atoms in total. The van der Waals surface area contributed by atoms with Crippen LogP contribution >= 0.6 is 0 Å². The van der Waals surface area contributed by atoms with Crippen molar-refractivity contribution in [3.8, 4) is 5.75 Å². The van der Waals surface area contributed by atoms with Crippen LogP contribution in [0, 0.1) is 5.92 Å². The first-order valence-corrected chi connectivity index (χ1v) is 8.66. The third-order valence-electron chi connectivity index (χ3n) is 3.57. The van der Waals surface area contributed by atoms with Gasteiger partial charge in [0, 0.05) is 17.3 Å². The Kier molecular flexibility index (Phi) is 7.02. The molecule has 0 aliphatic carbocycles. The van der Waals surface area contributed by atoms with Crippen LogP contribution in [0.4, 0.5) is 17.1 Å². The Morgan fingerprint density at radius 1 is 1.00 bits per heavy atom. The summed E-state index contributed by atoms with van der Waals surface area (Å²) in [6.45, 7) is 6.19. The maximum atomic E-state index is 12.2. The van der Waals surface area contributed by atoms with Crippen LogP contribution in [0.5, 0.6) is 5.75 Å². The first kappa shape index (κ1) is 19.3. The van der Waals surface area contributed by atoms with E-state index in [1.807, 2.05) is 57.2 Å². The molecule has 2 amide bonds. The highest BCUT2D eigenvalue weighted by Crippen LogP contribution is 2.23. The molecule has 26 heavy (non-hydrogen) atoms. The minimum atomic E-state index is -0.186. The lowest BCUT2D eigenvalue weighted by Crippen LogP contribution is -2.22. The van der Waals surface area contributed by atoms with Gasteiger partial charge in [0.2, 0.25) is 11.8 Å². The summed E-state index contributed by atoms with van der Waals surface area (Å²) in [5.74, 6) is 0.311. The molecule has 2 aromatic rings. The zero-order chi connectivity index (χ0) is 18.9. The molecule has 0 aliphatic heterocycles. The third-order valence-corrected chi connectivity index (χ3v) is 3.57. The van der Waals surface area contributed by atoms with Crippen LogP contribution in [0.15, 0.2) is 48.5 Å². The normalized spacial score (nSPS) is 10.3. The zero-order valence-electron chi connectivity index (χ0n) is 15.3. The molecule has 0 radical (unpaired) electrons. The quantitative estimate of drug-likeness (QED) is 0.674. The number of benzene rings is 2. The molecule has 0 atom stereocenters. The molecule has 0 bridgehead atoms. The Morgan fingerprint density at radius 2 is 1.73 bits per heavy atom. The van der Waals surface area contributed by atoms with Crippen molar-refractivity contribution < 1.29 is 14.3 Å². The Hall–Kier alpha value is -3.02. The summed E-state index contributed by atoms with van der Waals surface area (Å²) in [5.41, 5.74) is 2.08. The van der Waals surface area contributed by atoms with Gasteiger partial charge in [-0.2, -0.15) is 0 Å². The van der Waals surface area contributed by atoms with E-state index in [-0.39, 0.29) is 24.3 Å². The van der Waals surface area contributed by atoms with Gasteiger partial charge in [0.15, 0.2) is 0 Å². The minimum Gasteiger partial charge on any atom is -0.492 e. The molecule has 0 saturated heterocycles. The Bertz CT molecular complexity index is 759. The lowest BCUT2D eigenvalue weighted by Gasteiger charge is -2.13. The fraction of sp³-hybridized carbons (Fsp3) is 0.300. The highest BCUT2D eigenvalue weighted by Gasteiger charge is 2.09. The van der Waals surface area contributed by atoms with Gasteiger partial charge in [0.25, 0.3) is 0 Å². The fourth-order valence-corrected chi connectivity index (χ4v) is 2.22. The van der Waals surface area contributed by atoms with Gasteiger partial charge in [-0.25, -0.2) is 0 Å². The van der Waals surface area contributed by atoms with Crippen molar-refractivity contribution in [3.63, 3.8) is 0 Å². The molecule has 138 valence electrons. The summed E-state index contributed by atoms with van der Waals surface area (Å²) in [7, 11) is 0. The monoisotopic (exact) mass is 355 g/mol. The highest BCUT2D eigenvalue weighted by atomic mass is 16.5. The van der Waals surface area contributed by atoms with Crippen molar-refractivity contribution in [1.29, 1.82) is 0 Å². The molecule has 0 saturated carbocycles. The predicted molar refractivity (Wildman–Crippen MR) is 105 cm³/mol. The Morgan fingerprint density at radius 3 is 2.46 bits per heavy atom. The number of carbonyl (C=O) groups is 2. The summed E-state index contributed by atoms with van der Waals surface area (Å²) in [6.07, 6.45) is 0. The van der Waals surface area contributed by atoms with Gasteiger partial charge in [0.05, 0.1) is 18.8 Å². The number of hydrogen-bond acceptors (Lipinski definition) is 4. The van der Waals surface area contributed by atoms with Crippen molar-refractivity contribution >= 4 is 28.9 Å². The fourth-order valence-electron chi connectivity index (χ4n) is 2.22. The zero-order valence-corrected chi connectivity index (χ0v) is 15.3. The van der Waals surface area contributed by atoms with Gasteiger partial charge in [-0.15, -0.1) is 0 Å². The van der Waals surface area contributed by atoms with E-state index in [0.29, 0.717) is 23.7 Å². The van der Waals surface area contributed by atoms with Crippen LogP contribution in [0.3, 0.4) is 0 Å². The lowest BCUT2D eigenvalue weighted by molar-refractivity contribution is -0.119. The van der Waals surface area contributed by atoms with Gasteiger partial charge < -0.3 is 20.7 Å². The van der Waals surface area contributed by atoms with E-state index in [4.69, 9.17) is 4.74 Å². The summed E-state index contributed by atoms with van der Waals surface area (Å²) in [5, 5.41) is 8.72. The first-order chi connectivity index (χ1) is 12.5. The van der Waals surface area contributed by atoms with Crippen molar-refractivity contribution in [1.82, 2.24) is 0 Å². The average molecular weight is 355 g/mol. The number of ether oxygens (including phenoxy) is 1. The van der Waals surface area contributed by atoms with Crippen LogP contribution in [0.2, 0.25) is 0 Å². The summed E-state index contributed by atoms with van der Waals surface area (Å²) < 4.78 is 5.50. The van der Waals surface area contributed by atoms with E-state index >= 15 is 0 Å². The maximum absolute atomic E-state index is 12.2. The third kappa shape index (κ3) is 5.81. The van der Waals surface area contributed by atoms with E-state index in [1.54, 1.807) is 12.1 Å². The molecule has 6 heteroatoms. The predicted octanol–water partition coefficient (Wildman–Crippen LogP) is 3.73. The molecule has 2 rings (SSSR count). The van der Waals surface area contributed by atoms with Crippen LogP contribution in [-0.2, 0) is 9.59 Å². The second kappa shape index (κ2) is 9.46. The van der Waals surface area contributed by atoms with E-state index in [1.165, 1.54) is 0 Å². The SMILES string of the molecule is CCOc1ccccc1NC(=O)CNc1cccc(NC(=O)C(C)C)c1. The number of para-hydroxylation sites is 2. The van der Waals surface area contributed by atoms with Crippen molar-refractivity contribution in [2.24, 2.45) is 5.92 Å². The molecule has 2 aromatic carbocycles. The molecule has 0 fully saturated rings. The lowest BCUT2D eigenvalue weighted by atomic mass is 10.2. The summed E-state index contributed by atoms with van der Waals surface area (Å²) >= 11 is 0. The topological polar surface area (TPSA) is 79.5 Å². The summed E-state index contributed by atoms with van der Waals surface area (Å²) in [6, 6.07) is 14.6.